The van der Waals surface area contributed by atoms with Crippen molar-refractivity contribution in [1.29, 1.82) is 0 Å². The molecule has 4 rings (SSSR count). The van der Waals surface area contributed by atoms with Gasteiger partial charge in [0.1, 0.15) is 0 Å². The molecule has 30 heavy (non-hydrogen) atoms. The van der Waals surface area contributed by atoms with Crippen molar-refractivity contribution in [2.24, 2.45) is 5.73 Å². The molecule has 2 heterocycles. The number of rotatable bonds is 8. The number of nitrogens with one attached hydrogen (secondary N) is 2. The molecule has 4 N–H and O–H groups in total. The number of hydrogen-bond acceptors (Lipinski definition) is 5. The van der Waals surface area contributed by atoms with E-state index in [0.29, 0.717) is 25.3 Å². The molecule has 1 saturated carbocycles. The molecule has 2 aromatic heterocycles. The average molecular weight is 412 g/mol. The van der Waals surface area contributed by atoms with E-state index in [9.17, 15) is 4.79 Å². The van der Waals surface area contributed by atoms with Crippen LogP contribution in [0.25, 0.3) is 16.6 Å². The van der Waals surface area contributed by atoms with Crippen LogP contribution in [0.3, 0.4) is 0 Å². The van der Waals surface area contributed by atoms with Gasteiger partial charge in [-0.15, -0.1) is 0 Å². The number of methoxy groups -OCH3 is 1. The normalized spacial score (nSPS) is 19.3. The number of nitrogens with zero attached hydrogens (tertiary/aromatic N) is 2. The fourth-order valence-corrected chi connectivity index (χ4v) is 4.07. The van der Waals surface area contributed by atoms with Gasteiger partial charge in [-0.2, -0.15) is 0 Å². The van der Waals surface area contributed by atoms with Crippen LogP contribution in [0.1, 0.15) is 41.7 Å². The largest absolute Gasteiger partial charge is 0.382 e. The first kappa shape index (κ1) is 20.6. The maximum absolute atomic E-state index is 13.2. The van der Waals surface area contributed by atoms with E-state index in [2.05, 4.69) is 15.3 Å². The zero-order chi connectivity index (χ0) is 20.9. The lowest BCUT2D eigenvalue weighted by atomic mass is 9.92. The van der Waals surface area contributed by atoms with Crippen molar-refractivity contribution in [2.45, 2.75) is 44.4 Å². The maximum Gasteiger partial charge on any atom is 0.253 e. The molecular formula is C22H29N5O3. The van der Waals surface area contributed by atoms with Crippen LogP contribution in [0.5, 0.6) is 0 Å². The monoisotopic (exact) mass is 411 g/mol. The number of fused-ring (bicyclic) bond motifs is 1. The van der Waals surface area contributed by atoms with E-state index in [1.165, 1.54) is 0 Å². The minimum Gasteiger partial charge on any atom is -0.382 e. The maximum atomic E-state index is 13.2. The van der Waals surface area contributed by atoms with E-state index >= 15 is 0 Å². The van der Waals surface area contributed by atoms with Crippen LogP contribution < -0.4 is 11.1 Å². The van der Waals surface area contributed by atoms with Crippen LogP contribution in [-0.4, -0.2) is 52.9 Å². The number of ether oxygens (including phenoxy) is 2. The van der Waals surface area contributed by atoms with E-state index in [1.54, 1.807) is 19.6 Å². The summed E-state index contributed by atoms with van der Waals surface area (Å²) in [7, 11) is 1.68. The molecule has 160 valence electrons. The Kier molecular flexibility index (Phi) is 6.47. The lowest BCUT2D eigenvalue weighted by Gasteiger charge is -2.29. The Hall–Kier alpha value is -2.68. The minimum absolute atomic E-state index is 0.0730. The van der Waals surface area contributed by atoms with Gasteiger partial charge in [-0.3, -0.25) is 4.79 Å². The van der Waals surface area contributed by atoms with Gasteiger partial charge in [-0.1, -0.05) is 0 Å². The highest BCUT2D eigenvalue weighted by Gasteiger charge is 2.24. The van der Waals surface area contributed by atoms with Crippen molar-refractivity contribution in [3.05, 3.63) is 48.2 Å². The predicted molar refractivity (Wildman–Crippen MR) is 115 cm³/mol. The number of H-pyrrole nitrogens is 1. The molecule has 0 aliphatic heterocycles. The number of carbonyl (C=O) groups excluding carboxylic acids is 1. The van der Waals surface area contributed by atoms with Crippen molar-refractivity contribution in [2.75, 3.05) is 20.3 Å². The second-order valence-corrected chi connectivity index (χ2v) is 7.74. The molecule has 1 aliphatic rings. The van der Waals surface area contributed by atoms with Crippen LogP contribution in [0.4, 0.5) is 0 Å². The summed E-state index contributed by atoms with van der Waals surface area (Å²) < 4.78 is 12.8. The van der Waals surface area contributed by atoms with Gasteiger partial charge in [-0.05, 0) is 43.9 Å². The molecule has 0 unspecified atom stereocenters. The van der Waals surface area contributed by atoms with Crippen LogP contribution in [0.15, 0.2) is 36.9 Å². The summed E-state index contributed by atoms with van der Waals surface area (Å²) in [6.45, 7) is 1.62. The molecular weight excluding hydrogens is 382 g/mol. The van der Waals surface area contributed by atoms with Gasteiger partial charge in [-0.25, -0.2) is 4.98 Å². The first-order valence-electron chi connectivity index (χ1n) is 10.4. The highest BCUT2D eigenvalue weighted by atomic mass is 16.5. The number of benzene rings is 1. The van der Waals surface area contributed by atoms with Gasteiger partial charge in [0.05, 0.1) is 36.7 Å². The third kappa shape index (κ3) is 4.56. The summed E-state index contributed by atoms with van der Waals surface area (Å²) in [4.78, 5) is 20.6. The van der Waals surface area contributed by atoms with Gasteiger partial charge < -0.3 is 30.1 Å². The van der Waals surface area contributed by atoms with Crippen LogP contribution in [-0.2, 0) is 16.0 Å². The third-order valence-corrected chi connectivity index (χ3v) is 5.69. The summed E-state index contributed by atoms with van der Waals surface area (Å²) in [6.07, 6.45) is 9.27. The first-order valence-corrected chi connectivity index (χ1v) is 10.4. The smallest absolute Gasteiger partial charge is 0.253 e. The van der Waals surface area contributed by atoms with Crippen LogP contribution in [0.2, 0.25) is 0 Å². The molecule has 1 aliphatic carbocycles. The van der Waals surface area contributed by atoms with Crippen molar-refractivity contribution >= 4 is 16.8 Å². The second-order valence-electron chi connectivity index (χ2n) is 7.74. The quantitative estimate of drug-likeness (QED) is 0.494. The molecule has 3 aromatic rings. The lowest BCUT2D eigenvalue weighted by Crippen LogP contribution is -2.39. The fraction of sp³-hybridized carbons (Fsp3) is 0.455. The van der Waals surface area contributed by atoms with E-state index in [-0.39, 0.29) is 18.1 Å². The highest BCUT2D eigenvalue weighted by molar-refractivity contribution is 6.07. The molecule has 1 amide bonds. The van der Waals surface area contributed by atoms with Gasteiger partial charge in [0.2, 0.25) is 0 Å². The highest BCUT2D eigenvalue weighted by Crippen LogP contribution is 2.26. The molecule has 0 bridgehead atoms. The molecule has 0 saturated heterocycles. The Balaban J connectivity index is 1.49. The Bertz CT molecular complexity index is 974. The third-order valence-electron chi connectivity index (χ3n) is 5.69. The second kappa shape index (κ2) is 9.42. The van der Waals surface area contributed by atoms with Gasteiger partial charge in [0.25, 0.3) is 5.91 Å². The van der Waals surface area contributed by atoms with E-state index < -0.39 is 0 Å². The molecule has 1 aromatic carbocycles. The zero-order valence-electron chi connectivity index (χ0n) is 17.3. The lowest BCUT2D eigenvalue weighted by molar-refractivity contribution is -0.00408. The Labute approximate surface area is 175 Å². The molecule has 0 spiro atoms. The Morgan fingerprint density at radius 3 is 2.80 bits per heavy atom. The van der Waals surface area contributed by atoms with Gasteiger partial charge in [0, 0.05) is 48.9 Å². The molecule has 1 fully saturated rings. The van der Waals surface area contributed by atoms with Crippen molar-refractivity contribution < 1.29 is 14.3 Å². The average Bonchev–Trinajstić information content (AvgIpc) is 3.44. The van der Waals surface area contributed by atoms with Gasteiger partial charge >= 0.3 is 0 Å². The summed E-state index contributed by atoms with van der Waals surface area (Å²) >= 11 is 0. The molecule has 0 atom stereocenters. The summed E-state index contributed by atoms with van der Waals surface area (Å²) in [5, 5.41) is 4.18. The number of imidazole rings is 1. The molecule has 8 heteroatoms. The zero-order valence-corrected chi connectivity index (χ0v) is 17.3. The molecule has 0 radical (unpaired) electrons. The van der Waals surface area contributed by atoms with E-state index in [1.807, 2.05) is 29.0 Å². The summed E-state index contributed by atoms with van der Waals surface area (Å²) in [6, 6.07) is 6.08. The van der Waals surface area contributed by atoms with Crippen molar-refractivity contribution in [3.8, 4) is 5.69 Å². The van der Waals surface area contributed by atoms with Crippen molar-refractivity contribution in [3.63, 3.8) is 0 Å². The van der Waals surface area contributed by atoms with Crippen molar-refractivity contribution in [1.82, 2.24) is 19.9 Å². The summed E-state index contributed by atoms with van der Waals surface area (Å²) in [5.74, 6) is -0.0730. The number of hydrogen-bond donors (Lipinski definition) is 3. The topological polar surface area (TPSA) is 107 Å². The number of carbonyl (C=O) groups is 1. The SMILES string of the molecule is COCCOC1CCC(NC(=O)c2cc(-n3ccnc3)cc3cc(CN)[nH]c23)CC1. The minimum atomic E-state index is -0.0730. The van der Waals surface area contributed by atoms with Gasteiger partial charge in [0.15, 0.2) is 0 Å². The molecule has 8 nitrogen and oxygen atoms in total. The van der Waals surface area contributed by atoms with Crippen LogP contribution >= 0.6 is 0 Å². The number of aromatic amines is 1. The number of amides is 1. The predicted octanol–water partition coefficient (Wildman–Crippen LogP) is 2.52. The Morgan fingerprint density at radius 2 is 2.10 bits per heavy atom. The van der Waals surface area contributed by atoms with E-state index in [4.69, 9.17) is 15.2 Å². The van der Waals surface area contributed by atoms with Crippen LogP contribution in [0, 0.1) is 0 Å². The number of nitrogens with two attached hydrogens (primary N) is 1. The standard InChI is InChI=1S/C22H29N5O3/c1-29-8-9-30-19-4-2-16(3-5-19)26-22(28)20-12-18(27-7-6-24-14-27)11-15-10-17(13-23)25-21(15)20/h6-7,10-12,14,16,19,25H,2-5,8-9,13,23H2,1H3,(H,26,28). The number of aromatic nitrogens is 3. The van der Waals surface area contributed by atoms with E-state index in [0.717, 1.165) is 48.0 Å². The fourth-order valence-electron chi connectivity index (χ4n) is 4.07. The summed E-state index contributed by atoms with van der Waals surface area (Å²) in [5.41, 5.74) is 9.04. The Morgan fingerprint density at radius 1 is 1.27 bits per heavy atom. The first-order chi connectivity index (χ1) is 14.7.